The van der Waals surface area contributed by atoms with E-state index in [0.29, 0.717) is 25.0 Å². The van der Waals surface area contributed by atoms with E-state index >= 15 is 0 Å². The van der Waals surface area contributed by atoms with Crippen LogP contribution in [0.2, 0.25) is 0 Å². The molecule has 3 atom stereocenters. The second-order valence-electron chi connectivity index (χ2n) is 4.14. The van der Waals surface area contributed by atoms with Crippen molar-refractivity contribution in [1.82, 2.24) is 5.32 Å². The van der Waals surface area contributed by atoms with E-state index in [1.165, 1.54) is 12.8 Å². The molecule has 13 heavy (non-hydrogen) atoms. The molecule has 0 spiro atoms. The minimum absolute atomic E-state index is 0.269. The van der Waals surface area contributed by atoms with Crippen LogP contribution in [0.15, 0.2) is 0 Å². The summed E-state index contributed by atoms with van der Waals surface area (Å²) >= 11 is 0. The van der Waals surface area contributed by atoms with E-state index in [4.69, 9.17) is 10.2 Å². The molecule has 0 radical (unpaired) electrons. The quantitative estimate of drug-likeness (QED) is 0.582. The van der Waals surface area contributed by atoms with Crippen molar-refractivity contribution in [3.8, 4) is 0 Å². The van der Waals surface area contributed by atoms with Gasteiger partial charge >= 0.3 is 0 Å². The number of aliphatic hydroxyl groups excluding tert-OH is 2. The molecular weight excluding hydrogens is 166 g/mol. The van der Waals surface area contributed by atoms with E-state index in [1.54, 1.807) is 6.92 Å². The number of rotatable bonds is 5. The number of hydrogen-bond donors (Lipinski definition) is 3. The lowest BCUT2D eigenvalue weighted by atomic mass is 9.97. The van der Waals surface area contributed by atoms with Gasteiger partial charge in [0.1, 0.15) is 0 Å². The van der Waals surface area contributed by atoms with Crippen LogP contribution in [0.25, 0.3) is 0 Å². The standard InChI is InChI=1S/C10H21NO2/c1-8(13)5-11-6-9-3-2-4-10(9)7-12/h8-13H,2-7H2,1H3/t8-,9?,10?/m1/s1. The lowest BCUT2D eigenvalue weighted by Crippen LogP contribution is -2.31. The normalized spacial score (nSPS) is 30.7. The number of hydrogen-bond acceptors (Lipinski definition) is 3. The van der Waals surface area contributed by atoms with Crippen LogP contribution in [0.3, 0.4) is 0 Å². The summed E-state index contributed by atoms with van der Waals surface area (Å²) in [5, 5.41) is 21.3. The van der Waals surface area contributed by atoms with Gasteiger partial charge in [-0.05, 0) is 38.1 Å². The Hall–Kier alpha value is -0.120. The highest BCUT2D eigenvalue weighted by atomic mass is 16.3. The molecule has 3 nitrogen and oxygen atoms in total. The minimum Gasteiger partial charge on any atom is -0.396 e. The van der Waals surface area contributed by atoms with E-state index < -0.39 is 0 Å². The molecule has 1 aliphatic carbocycles. The van der Waals surface area contributed by atoms with E-state index in [2.05, 4.69) is 5.32 Å². The molecule has 1 rings (SSSR count). The predicted molar refractivity (Wildman–Crippen MR) is 52.5 cm³/mol. The van der Waals surface area contributed by atoms with Gasteiger partial charge in [-0.1, -0.05) is 6.42 Å². The van der Waals surface area contributed by atoms with E-state index in [1.807, 2.05) is 0 Å². The van der Waals surface area contributed by atoms with Crippen LogP contribution in [0, 0.1) is 11.8 Å². The summed E-state index contributed by atoms with van der Waals surface area (Å²) in [4.78, 5) is 0. The van der Waals surface area contributed by atoms with Crippen molar-refractivity contribution >= 4 is 0 Å². The Morgan fingerprint density at radius 3 is 2.69 bits per heavy atom. The van der Waals surface area contributed by atoms with Gasteiger partial charge in [-0.2, -0.15) is 0 Å². The average Bonchev–Trinajstić information content (AvgIpc) is 2.51. The monoisotopic (exact) mass is 187 g/mol. The Morgan fingerprint density at radius 2 is 2.08 bits per heavy atom. The highest BCUT2D eigenvalue weighted by Crippen LogP contribution is 2.30. The zero-order valence-corrected chi connectivity index (χ0v) is 8.37. The fourth-order valence-corrected chi connectivity index (χ4v) is 2.10. The first-order valence-electron chi connectivity index (χ1n) is 5.23. The van der Waals surface area contributed by atoms with Gasteiger partial charge < -0.3 is 15.5 Å². The topological polar surface area (TPSA) is 52.5 Å². The third-order valence-corrected chi connectivity index (χ3v) is 2.90. The summed E-state index contributed by atoms with van der Waals surface area (Å²) in [5.41, 5.74) is 0. The molecule has 0 bridgehead atoms. The molecule has 0 aromatic carbocycles. The third kappa shape index (κ3) is 3.63. The third-order valence-electron chi connectivity index (χ3n) is 2.90. The molecule has 1 fully saturated rings. The second-order valence-corrected chi connectivity index (χ2v) is 4.14. The van der Waals surface area contributed by atoms with Crippen LogP contribution in [-0.4, -0.2) is 36.0 Å². The molecule has 0 heterocycles. The highest BCUT2D eigenvalue weighted by molar-refractivity contribution is 4.78. The molecule has 2 unspecified atom stereocenters. The Balaban J connectivity index is 2.13. The Labute approximate surface area is 80.2 Å². The fourth-order valence-electron chi connectivity index (χ4n) is 2.10. The molecule has 3 heteroatoms. The van der Waals surface area contributed by atoms with E-state index in [-0.39, 0.29) is 6.10 Å². The van der Waals surface area contributed by atoms with Crippen molar-refractivity contribution in [2.75, 3.05) is 19.7 Å². The van der Waals surface area contributed by atoms with Crippen LogP contribution in [0.5, 0.6) is 0 Å². The molecule has 78 valence electrons. The SMILES string of the molecule is C[C@@H](O)CNCC1CCCC1CO. The van der Waals surface area contributed by atoms with Crippen LogP contribution in [0.1, 0.15) is 26.2 Å². The molecule has 0 aromatic rings. The Kier molecular flexibility index (Phi) is 4.70. The molecule has 1 saturated carbocycles. The average molecular weight is 187 g/mol. The summed E-state index contributed by atoms with van der Waals surface area (Å²) in [5.74, 6) is 1.10. The molecule has 1 aliphatic rings. The van der Waals surface area contributed by atoms with Gasteiger partial charge in [0, 0.05) is 13.2 Å². The van der Waals surface area contributed by atoms with Crippen LogP contribution in [0.4, 0.5) is 0 Å². The maximum absolute atomic E-state index is 9.07. The predicted octanol–water partition coefficient (Wildman–Crippen LogP) is 0.365. The largest absolute Gasteiger partial charge is 0.396 e. The van der Waals surface area contributed by atoms with Crippen molar-refractivity contribution in [3.63, 3.8) is 0 Å². The van der Waals surface area contributed by atoms with Gasteiger partial charge in [0.25, 0.3) is 0 Å². The minimum atomic E-state index is -0.269. The van der Waals surface area contributed by atoms with Gasteiger partial charge in [0.15, 0.2) is 0 Å². The van der Waals surface area contributed by atoms with E-state index in [9.17, 15) is 0 Å². The summed E-state index contributed by atoms with van der Waals surface area (Å²) in [7, 11) is 0. The molecule has 3 N–H and O–H groups in total. The molecule has 0 aromatic heterocycles. The van der Waals surface area contributed by atoms with Gasteiger partial charge in [-0.15, -0.1) is 0 Å². The molecule has 0 aliphatic heterocycles. The molecule has 0 saturated heterocycles. The molecular formula is C10H21NO2. The van der Waals surface area contributed by atoms with Crippen molar-refractivity contribution < 1.29 is 10.2 Å². The van der Waals surface area contributed by atoms with Crippen molar-refractivity contribution in [2.24, 2.45) is 11.8 Å². The van der Waals surface area contributed by atoms with Gasteiger partial charge in [-0.25, -0.2) is 0 Å². The van der Waals surface area contributed by atoms with Crippen molar-refractivity contribution in [1.29, 1.82) is 0 Å². The first-order chi connectivity index (χ1) is 6.24. The zero-order chi connectivity index (χ0) is 9.68. The number of nitrogens with one attached hydrogen (secondary N) is 1. The van der Waals surface area contributed by atoms with Gasteiger partial charge in [0.2, 0.25) is 0 Å². The van der Waals surface area contributed by atoms with E-state index in [0.717, 1.165) is 13.0 Å². The Bertz CT molecular complexity index is 139. The first kappa shape index (κ1) is 11.0. The highest BCUT2D eigenvalue weighted by Gasteiger charge is 2.25. The maximum atomic E-state index is 9.07. The Morgan fingerprint density at radius 1 is 1.38 bits per heavy atom. The molecule has 0 amide bonds. The van der Waals surface area contributed by atoms with Crippen LogP contribution < -0.4 is 5.32 Å². The van der Waals surface area contributed by atoms with Crippen molar-refractivity contribution in [3.05, 3.63) is 0 Å². The van der Waals surface area contributed by atoms with Crippen LogP contribution >= 0.6 is 0 Å². The second kappa shape index (κ2) is 5.58. The summed E-state index contributed by atoms with van der Waals surface area (Å²) in [6.45, 7) is 3.71. The lowest BCUT2D eigenvalue weighted by Gasteiger charge is -2.18. The van der Waals surface area contributed by atoms with Crippen LogP contribution in [-0.2, 0) is 0 Å². The first-order valence-corrected chi connectivity index (χ1v) is 5.23. The fraction of sp³-hybridized carbons (Fsp3) is 1.00. The number of aliphatic hydroxyl groups is 2. The summed E-state index contributed by atoms with van der Waals surface area (Å²) in [6, 6.07) is 0. The van der Waals surface area contributed by atoms with Crippen molar-refractivity contribution in [2.45, 2.75) is 32.3 Å². The zero-order valence-electron chi connectivity index (χ0n) is 8.37. The van der Waals surface area contributed by atoms with Gasteiger partial charge in [-0.3, -0.25) is 0 Å². The summed E-state index contributed by atoms with van der Waals surface area (Å²) in [6.07, 6.45) is 3.36. The summed E-state index contributed by atoms with van der Waals surface area (Å²) < 4.78 is 0. The maximum Gasteiger partial charge on any atom is 0.0636 e. The smallest absolute Gasteiger partial charge is 0.0636 e. The van der Waals surface area contributed by atoms with Gasteiger partial charge in [0.05, 0.1) is 6.10 Å². The lowest BCUT2D eigenvalue weighted by molar-refractivity contribution is 0.173.